The van der Waals surface area contributed by atoms with E-state index in [1.165, 1.54) is 6.07 Å². The standard InChI is InChI=1S/C10H8FN3/c11-8-3-1-2-7-9-6(5-13-14-9)4-12-10(7)8/h1-3,5,12H,4H2,(H,13,14). The average Bonchev–Trinajstić information content (AvgIpc) is 2.66. The predicted molar refractivity (Wildman–Crippen MR) is 51.3 cm³/mol. The fourth-order valence-electron chi connectivity index (χ4n) is 1.77. The lowest BCUT2D eigenvalue weighted by Crippen LogP contribution is -2.08. The Morgan fingerprint density at radius 2 is 2.29 bits per heavy atom. The molecule has 0 spiro atoms. The molecule has 2 heterocycles. The summed E-state index contributed by atoms with van der Waals surface area (Å²) in [5.74, 6) is -0.220. The third-order valence-corrected chi connectivity index (χ3v) is 2.46. The van der Waals surface area contributed by atoms with Gasteiger partial charge in [-0.3, -0.25) is 5.10 Å². The van der Waals surface area contributed by atoms with Crippen molar-refractivity contribution in [3.05, 3.63) is 35.8 Å². The maximum absolute atomic E-state index is 13.4. The minimum Gasteiger partial charge on any atom is -0.378 e. The molecule has 3 nitrogen and oxygen atoms in total. The van der Waals surface area contributed by atoms with Crippen LogP contribution in [-0.4, -0.2) is 10.2 Å². The van der Waals surface area contributed by atoms with Crippen LogP contribution in [0.25, 0.3) is 11.3 Å². The molecule has 1 aliphatic heterocycles. The first-order chi connectivity index (χ1) is 6.86. The lowest BCUT2D eigenvalue weighted by atomic mass is 10.0. The Morgan fingerprint density at radius 3 is 3.21 bits per heavy atom. The fraction of sp³-hybridized carbons (Fsp3) is 0.100. The molecule has 0 saturated carbocycles. The number of nitrogens with zero attached hydrogens (tertiary/aromatic N) is 1. The Morgan fingerprint density at radius 1 is 1.36 bits per heavy atom. The molecule has 1 aliphatic rings. The number of rotatable bonds is 0. The lowest BCUT2D eigenvalue weighted by molar-refractivity contribution is 0.630. The smallest absolute Gasteiger partial charge is 0.146 e. The van der Waals surface area contributed by atoms with E-state index in [1.807, 2.05) is 6.07 Å². The topological polar surface area (TPSA) is 40.7 Å². The van der Waals surface area contributed by atoms with E-state index < -0.39 is 0 Å². The molecule has 14 heavy (non-hydrogen) atoms. The molecule has 0 radical (unpaired) electrons. The van der Waals surface area contributed by atoms with Gasteiger partial charge in [0.05, 0.1) is 17.6 Å². The van der Waals surface area contributed by atoms with Crippen molar-refractivity contribution in [2.24, 2.45) is 0 Å². The zero-order valence-electron chi connectivity index (χ0n) is 7.34. The zero-order chi connectivity index (χ0) is 9.54. The molecule has 1 aromatic heterocycles. The first-order valence-electron chi connectivity index (χ1n) is 4.41. The molecule has 0 saturated heterocycles. The van der Waals surface area contributed by atoms with Crippen LogP contribution < -0.4 is 5.32 Å². The molecule has 0 amide bonds. The van der Waals surface area contributed by atoms with Crippen LogP contribution in [-0.2, 0) is 6.54 Å². The highest BCUT2D eigenvalue weighted by molar-refractivity contribution is 5.80. The van der Waals surface area contributed by atoms with Gasteiger partial charge in [0, 0.05) is 17.7 Å². The van der Waals surface area contributed by atoms with Gasteiger partial charge in [-0.05, 0) is 6.07 Å². The molecular formula is C10H8FN3. The number of aromatic nitrogens is 2. The van der Waals surface area contributed by atoms with E-state index >= 15 is 0 Å². The van der Waals surface area contributed by atoms with Crippen LogP contribution in [0.3, 0.4) is 0 Å². The second kappa shape index (κ2) is 2.57. The largest absolute Gasteiger partial charge is 0.378 e. The molecule has 2 aromatic rings. The van der Waals surface area contributed by atoms with Gasteiger partial charge in [0.1, 0.15) is 5.82 Å². The third-order valence-electron chi connectivity index (χ3n) is 2.46. The monoisotopic (exact) mass is 189 g/mol. The number of fused-ring (bicyclic) bond motifs is 3. The van der Waals surface area contributed by atoms with Crippen molar-refractivity contribution in [1.29, 1.82) is 0 Å². The van der Waals surface area contributed by atoms with Crippen LogP contribution in [0.15, 0.2) is 24.4 Å². The first kappa shape index (κ1) is 7.55. The van der Waals surface area contributed by atoms with Crippen LogP contribution in [0.5, 0.6) is 0 Å². The molecule has 1 aromatic carbocycles. The minimum absolute atomic E-state index is 0.220. The normalized spacial score (nSPS) is 12.9. The molecule has 0 fully saturated rings. The fourth-order valence-corrected chi connectivity index (χ4v) is 1.77. The van der Waals surface area contributed by atoms with Crippen LogP contribution in [0, 0.1) is 5.82 Å². The summed E-state index contributed by atoms with van der Waals surface area (Å²) in [6, 6.07) is 5.03. The average molecular weight is 189 g/mol. The number of aromatic amines is 1. The van der Waals surface area contributed by atoms with Crippen molar-refractivity contribution in [3.8, 4) is 11.3 Å². The molecule has 0 unspecified atom stereocenters. The van der Waals surface area contributed by atoms with Gasteiger partial charge >= 0.3 is 0 Å². The summed E-state index contributed by atoms with van der Waals surface area (Å²) in [4.78, 5) is 0. The third kappa shape index (κ3) is 0.878. The highest BCUT2D eigenvalue weighted by Crippen LogP contribution is 2.35. The van der Waals surface area contributed by atoms with Gasteiger partial charge in [-0.15, -0.1) is 0 Å². The number of hydrogen-bond acceptors (Lipinski definition) is 2. The van der Waals surface area contributed by atoms with Gasteiger partial charge < -0.3 is 5.32 Å². The van der Waals surface area contributed by atoms with Gasteiger partial charge in [-0.1, -0.05) is 12.1 Å². The summed E-state index contributed by atoms with van der Waals surface area (Å²) >= 11 is 0. The van der Waals surface area contributed by atoms with E-state index in [4.69, 9.17) is 0 Å². The van der Waals surface area contributed by atoms with Crippen molar-refractivity contribution in [1.82, 2.24) is 10.2 Å². The van der Waals surface area contributed by atoms with Crippen LogP contribution in [0.1, 0.15) is 5.56 Å². The Bertz CT molecular complexity index is 490. The van der Waals surface area contributed by atoms with E-state index in [0.29, 0.717) is 12.2 Å². The lowest BCUT2D eigenvalue weighted by Gasteiger charge is -2.17. The second-order valence-electron chi connectivity index (χ2n) is 3.29. The zero-order valence-corrected chi connectivity index (χ0v) is 7.34. The molecule has 70 valence electrons. The minimum atomic E-state index is -0.220. The molecule has 0 bridgehead atoms. The summed E-state index contributed by atoms with van der Waals surface area (Å²) < 4.78 is 13.4. The predicted octanol–water partition coefficient (Wildman–Crippen LogP) is 2.14. The SMILES string of the molecule is Fc1cccc2c1NCc1cn[nH]c1-2. The van der Waals surface area contributed by atoms with Crippen molar-refractivity contribution in [3.63, 3.8) is 0 Å². The summed E-state index contributed by atoms with van der Waals surface area (Å²) in [7, 11) is 0. The summed E-state index contributed by atoms with van der Waals surface area (Å²) in [5.41, 5.74) is 3.40. The number of nitrogens with one attached hydrogen (secondary N) is 2. The number of H-pyrrole nitrogens is 1. The Balaban J connectivity index is 2.31. The van der Waals surface area contributed by atoms with Crippen LogP contribution in [0.4, 0.5) is 10.1 Å². The molecule has 3 rings (SSSR count). The molecule has 0 atom stereocenters. The van der Waals surface area contributed by atoms with Crippen molar-refractivity contribution in [2.45, 2.75) is 6.54 Å². The van der Waals surface area contributed by atoms with E-state index in [1.54, 1.807) is 12.3 Å². The van der Waals surface area contributed by atoms with Gasteiger partial charge in [0.15, 0.2) is 0 Å². The maximum Gasteiger partial charge on any atom is 0.146 e. The van der Waals surface area contributed by atoms with Crippen molar-refractivity contribution in [2.75, 3.05) is 5.32 Å². The highest BCUT2D eigenvalue weighted by Gasteiger charge is 2.19. The van der Waals surface area contributed by atoms with Crippen LogP contribution >= 0.6 is 0 Å². The number of hydrogen-bond donors (Lipinski definition) is 2. The number of halogens is 1. The quantitative estimate of drug-likeness (QED) is 0.666. The van der Waals surface area contributed by atoms with Crippen molar-refractivity contribution >= 4 is 5.69 Å². The highest BCUT2D eigenvalue weighted by atomic mass is 19.1. The number of benzene rings is 1. The summed E-state index contributed by atoms with van der Waals surface area (Å²) in [6.07, 6.45) is 1.76. The second-order valence-corrected chi connectivity index (χ2v) is 3.29. The van der Waals surface area contributed by atoms with E-state index in [2.05, 4.69) is 15.5 Å². The maximum atomic E-state index is 13.4. The van der Waals surface area contributed by atoms with Crippen LogP contribution in [0.2, 0.25) is 0 Å². The van der Waals surface area contributed by atoms with Gasteiger partial charge in [-0.2, -0.15) is 5.10 Å². The number of anilines is 1. The van der Waals surface area contributed by atoms with Gasteiger partial charge in [-0.25, -0.2) is 4.39 Å². The van der Waals surface area contributed by atoms with E-state index in [9.17, 15) is 4.39 Å². The molecule has 0 aliphatic carbocycles. The Kier molecular flexibility index (Phi) is 1.39. The molecule has 2 N–H and O–H groups in total. The summed E-state index contributed by atoms with van der Waals surface area (Å²) in [6.45, 7) is 0.625. The van der Waals surface area contributed by atoms with Gasteiger partial charge in [0.25, 0.3) is 0 Å². The Labute approximate surface area is 80.0 Å². The Hall–Kier alpha value is -1.84. The summed E-state index contributed by atoms with van der Waals surface area (Å²) in [5, 5.41) is 9.87. The number of para-hydroxylation sites is 1. The van der Waals surface area contributed by atoms with E-state index in [-0.39, 0.29) is 5.82 Å². The first-order valence-corrected chi connectivity index (χ1v) is 4.41. The van der Waals surface area contributed by atoms with Crippen molar-refractivity contribution < 1.29 is 4.39 Å². The van der Waals surface area contributed by atoms with E-state index in [0.717, 1.165) is 16.8 Å². The molecular weight excluding hydrogens is 181 g/mol. The van der Waals surface area contributed by atoms with Gasteiger partial charge in [0.2, 0.25) is 0 Å². The molecule has 4 heteroatoms.